The molecule has 2 heterocycles. The molecule has 0 aliphatic carbocycles. The largest absolute Gasteiger partial charge is 0.462 e. The second-order valence-corrected chi connectivity index (χ2v) is 4.31. The number of rotatable bonds is 5. The van der Waals surface area contributed by atoms with Gasteiger partial charge in [-0.3, -0.25) is 4.98 Å². The van der Waals surface area contributed by atoms with Crippen LogP contribution in [0, 0.1) is 6.92 Å². The van der Waals surface area contributed by atoms with Crippen LogP contribution in [0.15, 0.2) is 36.7 Å². The standard InChI is InChI=1S/C15H17N3O2/c1-3-20-15(19)13-6-7-14(18-10-13)17-9-12-5-4-11(2)16-8-12/h4-8,10H,3,9H2,1-2H3,(H,17,18). The van der Waals surface area contributed by atoms with Gasteiger partial charge in [0.25, 0.3) is 0 Å². The molecule has 2 aromatic heterocycles. The van der Waals surface area contributed by atoms with E-state index in [0.717, 1.165) is 11.3 Å². The maximum Gasteiger partial charge on any atom is 0.339 e. The maximum absolute atomic E-state index is 11.5. The first-order chi connectivity index (χ1) is 9.69. The Hall–Kier alpha value is -2.43. The van der Waals surface area contributed by atoms with Gasteiger partial charge in [-0.05, 0) is 37.6 Å². The minimum absolute atomic E-state index is 0.353. The Morgan fingerprint density at radius 1 is 1.20 bits per heavy atom. The van der Waals surface area contributed by atoms with E-state index in [-0.39, 0.29) is 5.97 Å². The molecular weight excluding hydrogens is 254 g/mol. The molecule has 0 saturated carbocycles. The normalized spacial score (nSPS) is 10.1. The number of ether oxygens (including phenoxy) is 1. The molecule has 0 aliphatic heterocycles. The van der Waals surface area contributed by atoms with Crippen molar-refractivity contribution in [3.8, 4) is 0 Å². The van der Waals surface area contributed by atoms with Gasteiger partial charge >= 0.3 is 5.97 Å². The number of aromatic nitrogens is 2. The van der Waals surface area contributed by atoms with Gasteiger partial charge in [0, 0.05) is 24.6 Å². The minimum Gasteiger partial charge on any atom is -0.462 e. The summed E-state index contributed by atoms with van der Waals surface area (Å²) < 4.78 is 4.90. The summed E-state index contributed by atoms with van der Waals surface area (Å²) in [6.45, 7) is 4.72. The van der Waals surface area contributed by atoms with Gasteiger partial charge in [-0.2, -0.15) is 0 Å². The van der Waals surface area contributed by atoms with Crippen molar-refractivity contribution in [1.82, 2.24) is 9.97 Å². The predicted molar refractivity (Wildman–Crippen MR) is 76.5 cm³/mol. The lowest BCUT2D eigenvalue weighted by molar-refractivity contribution is 0.0526. The van der Waals surface area contributed by atoms with E-state index in [4.69, 9.17) is 4.74 Å². The summed E-state index contributed by atoms with van der Waals surface area (Å²) >= 11 is 0. The van der Waals surface area contributed by atoms with E-state index < -0.39 is 0 Å². The van der Waals surface area contributed by atoms with Gasteiger partial charge in [-0.25, -0.2) is 9.78 Å². The number of carbonyl (C=O) groups excluding carboxylic acids is 1. The van der Waals surface area contributed by atoms with Crippen LogP contribution >= 0.6 is 0 Å². The van der Waals surface area contributed by atoms with E-state index in [1.165, 1.54) is 6.20 Å². The number of hydrogen-bond donors (Lipinski definition) is 1. The zero-order valence-electron chi connectivity index (χ0n) is 11.6. The molecule has 5 heteroatoms. The summed E-state index contributed by atoms with van der Waals surface area (Å²) in [6.07, 6.45) is 3.34. The van der Waals surface area contributed by atoms with Crippen molar-refractivity contribution in [2.75, 3.05) is 11.9 Å². The molecule has 0 atom stereocenters. The Morgan fingerprint density at radius 3 is 2.65 bits per heavy atom. The van der Waals surface area contributed by atoms with Crippen molar-refractivity contribution >= 4 is 11.8 Å². The first kappa shape index (κ1) is 14.0. The number of nitrogens with one attached hydrogen (secondary N) is 1. The molecule has 0 radical (unpaired) electrons. The van der Waals surface area contributed by atoms with E-state index in [1.54, 1.807) is 19.1 Å². The molecule has 5 nitrogen and oxygen atoms in total. The average Bonchev–Trinajstić information content (AvgIpc) is 2.47. The molecule has 0 spiro atoms. The van der Waals surface area contributed by atoms with Crippen LogP contribution in [0.5, 0.6) is 0 Å². The number of carbonyl (C=O) groups is 1. The minimum atomic E-state index is -0.353. The molecule has 20 heavy (non-hydrogen) atoms. The van der Waals surface area contributed by atoms with Gasteiger partial charge in [-0.15, -0.1) is 0 Å². The average molecular weight is 271 g/mol. The second kappa shape index (κ2) is 6.65. The SMILES string of the molecule is CCOC(=O)c1ccc(NCc2ccc(C)nc2)nc1. The fourth-order valence-electron chi connectivity index (χ4n) is 1.63. The molecule has 0 amide bonds. The van der Waals surface area contributed by atoms with Crippen LogP contribution in [-0.2, 0) is 11.3 Å². The summed E-state index contributed by atoms with van der Waals surface area (Å²) in [5.41, 5.74) is 2.52. The molecule has 0 saturated heterocycles. The molecule has 0 unspecified atom stereocenters. The number of anilines is 1. The van der Waals surface area contributed by atoms with Crippen LogP contribution in [0.1, 0.15) is 28.5 Å². The Bertz CT molecular complexity index is 565. The number of pyridine rings is 2. The molecule has 0 bridgehead atoms. The highest BCUT2D eigenvalue weighted by Crippen LogP contribution is 2.08. The topological polar surface area (TPSA) is 64.1 Å². The van der Waals surface area contributed by atoms with Crippen molar-refractivity contribution in [3.63, 3.8) is 0 Å². The van der Waals surface area contributed by atoms with Gasteiger partial charge < -0.3 is 10.1 Å². The Balaban J connectivity index is 1.93. The Labute approximate surface area is 118 Å². The van der Waals surface area contributed by atoms with Gasteiger partial charge in [0.2, 0.25) is 0 Å². The third-order valence-electron chi connectivity index (χ3n) is 2.72. The lowest BCUT2D eigenvalue weighted by Gasteiger charge is -2.06. The molecule has 2 aromatic rings. The van der Waals surface area contributed by atoms with Crippen LogP contribution in [0.4, 0.5) is 5.82 Å². The Kier molecular flexibility index (Phi) is 4.65. The lowest BCUT2D eigenvalue weighted by Crippen LogP contribution is -2.06. The van der Waals surface area contributed by atoms with Crippen LogP contribution in [-0.4, -0.2) is 22.5 Å². The third kappa shape index (κ3) is 3.78. The molecule has 1 N–H and O–H groups in total. The monoisotopic (exact) mass is 271 g/mol. The van der Waals surface area contributed by atoms with Crippen molar-refractivity contribution in [2.24, 2.45) is 0 Å². The number of hydrogen-bond acceptors (Lipinski definition) is 5. The number of esters is 1. The molecule has 0 aromatic carbocycles. The third-order valence-corrected chi connectivity index (χ3v) is 2.72. The van der Waals surface area contributed by atoms with Crippen molar-refractivity contribution in [1.29, 1.82) is 0 Å². The molecule has 104 valence electrons. The van der Waals surface area contributed by atoms with Gasteiger partial charge in [0.1, 0.15) is 5.82 Å². The fraction of sp³-hybridized carbons (Fsp3) is 0.267. The predicted octanol–water partition coefficient (Wildman–Crippen LogP) is 2.57. The van der Waals surface area contributed by atoms with Gasteiger partial charge in [-0.1, -0.05) is 6.07 Å². The molecular formula is C15H17N3O2. The van der Waals surface area contributed by atoms with Crippen molar-refractivity contribution in [2.45, 2.75) is 20.4 Å². The first-order valence-electron chi connectivity index (χ1n) is 6.47. The highest BCUT2D eigenvalue weighted by atomic mass is 16.5. The van der Waals surface area contributed by atoms with Gasteiger partial charge in [0.05, 0.1) is 12.2 Å². The van der Waals surface area contributed by atoms with E-state index in [2.05, 4.69) is 15.3 Å². The summed E-state index contributed by atoms with van der Waals surface area (Å²) in [6, 6.07) is 7.44. The van der Waals surface area contributed by atoms with Crippen molar-refractivity contribution < 1.29 is 9.53 Å². The fourth-order valence-corrected chi connectivity index (χ4v) is 1.63. The zero-order valence-corrected chi connectivity index (χ0v) is 11.6. The Morgan fingerprint density at radius 2 is 2.05 bits per heavy atom. The van der Waals surface area contributed by atoms with E-state index in [1.807, 2.05) is 25.3 Å². The maximum atomic E-state index is 11.5. The quantitative estimate of drug-likeness (QED) is 0.847. The summed E-state index contributed by atoms with van der Waals surface area (Å²) in [4.78, 5) is 19.9. The van der Waals surface area contributed by atoms with Crippen LogP contribution in [0.3, 0.4) is 0 Å². The molecule has 2 rings (SSSR count). The first-order valence-corrected chi connectivity index (χ1v) is 6.47. The smallest absolute Gasteiger partial charge is 0.339 e. The second-order valence-electron chi connectivity index (χ2n) is 4.31. The summed E-state index contributed by atoms with van der Waals surface area (Å²) in [7, 11) is 0. The number of nitrogens with zero attached hydrogens (tertiary/aromatic N) is 2. The van der Waals surface area contributed by atoms with E-state index in [0.29, 0.717) is 24.5 Å². The van der Waals surface area contributed by atoms with Crippen LogP contribution in [0.2, 0.25) is 0 Å². The summed E-state index contributed by atoms with van der Waals surface area (Å²) in [5, 5.41) is 3.18. The summed E-state index contributed by atoms with van der Waals surface area (Å²) in [5.74, 6) is 0.355. The van der Waals surface area contributed by atoms with Gasteiger partial charge in [0.15, 0.2) is 0 Å². The molecule has 0 aliphatic rings. The van der Waals surface area contributed by atoms with Crippen LogP contribution < -0.4 is 5.32 Å². The number of aryl methyl sites for hydroxylation is 1. The van der Waals surface area contributed by atoms with E-state index >= 15 is 0 Å². The highest BCUT2D eigenvalue weighted by Gasteiger charge is 2.06. The molecule has 0 fully saturated rings. The highest BCUT2D eigenvalue weighted by molar-refractivity contribution is 5.89. The zero-order chi connectivity index (χ0) is 14.4. The lowest BCUT2D eigenvalue weighted by atomic mass is 10.2. The van der Waals surface area contributed by atoms with Crippen molar-refractivity contribution in [3.05, 3.63) is 53.5 Å². The van der Waals surface area contributed by atoms with E-state index in [9.17, 15) is 4.79 Å². The van der Waals surface area contributed by atoms with Crippen LogP contribution in [0.25, 0.3) is 0 Å².